The lowest BCUT2D eigenvalue weighted by molar-refractivity contribution is -0.274. The number of carbonyl (C=O) groups excluding carboxylic acids is 1. The van der Waals surface area contributed by atoms with Crippen molar-refractivity contribution < 1.29 is 41.4 Å². The second-order valence-electron chi connectivity index (χ2n) is 10.6. The van der Waals surface area contributed by atoms with Crippen molar-refractivity contribution in [1.82, 2.24) is 19.7 Å². The number of pyridine rings is 1. The highest BCUT2D eigenvalue weighted by Crippen LogP contribution is 2.24. The number of nitrogens with zero attached hydrogens (tertiary/aromatic N) is 4. The predicted molar refractivity (Wildman–Crippen MR) is 164 cm³/mol. The first kappa shape index (κ1) is 34.4. The molecular weight excluding hydrogens is 627 g/mol. The number of aromatic nitrogens is 1. The number of alkyl halides is 3. The normalized spacial score (nSPS) is 15.2. The molecule has 1 fully saturated rings. The van der Waals surface area contributed by atoms with Crippen LogP contribution in [0.5, 0.6) is 5.75 Å². The van der Waals surface area contributed by atoms with Gasteiger partial charge in [-0.1, -0.05) is 37.8 Å². The fraction of sp³-hybridized carbons (Fsp3) is 0.323. The molecule has 15 heteroatoms. The predicted octanol–water partition coefficient (Wildman–Crippen LogP) is 3.89. The highest BCUT2D eigenvalue weighted by Gasteiger charge is 2.38. The molecule has 2 unspecified atom stereocenters. The number of benzene rings is 2. The number of carboxylic acid groups (broad SMARTS) is 1. The number of amides is 1. The van der Waals surface area contributed by atoms with Crippen LogP contribution in [0.2, 0.25) is 0 Å². The van der Waals surface area contributed by atoms with Crippen molar-refractivity contribution in [3.63, 3.8) is 0 Å². The van der Waals surface area contributed by atoms with Crippen LogP contribution < -0.4 is 15.0 Å². The highest BCUT2D eigenvalue weighted by molar-refractivity contribution is 7.76. The van der Waals surface area contributed by atoms with Gasteiger partial charge < -0.3 is 20.1 Å². The SMILES string of the molecule is CC(C)C(C(=O)O)N(N1CCN(c2ccc(C#Cc3ccnc(C(=O)NCc4cccc(OC(F)(F)F)c4)c3)cc2)CC1)S(=O)O. The molecule has 0 spiro atoms. The minimum atomic E-state index is -4.82. The van der Waals surface area contributed by atoms with Gasteiger partial charge in [0.1, 0.15) is 17.5 Å². The molecule has 1 amide bonds. The van der Waals surface area contributed by atoms with Crippen LogP contribution in [-0.2, 0) is 22.6 Å². The number of piperazine rings is 1. The van der Waals surface area contributed by atoms with E-state index in [1.54, 1.807) is 31.0 Å². The van der Waals surface area contributed by atoms with Crippen LogP contribution >= 0.6 is 0 Å². The number of aliphatic carboxylic acids is 1. The Morgan fingerprint density at radius 3 is 2.33 bits per heavy atom. The van der Waals surface area contributed by atoms with E-state index in [9.17, 15) is 36.6 Å². The third-order valence-electron chi connectivity index (χ3n) is 6.98. The molecule has 0 bridgehead atoms. The zero-order chi connectivity index (χ0) is 33.4. The van der Waals surface area contributed by atoms with Crippen molar-refractivity contribution >= 4 is 28.8 Å². The first-order valence-electron chi connectivity index (χ1n) is 14.1. The van der Waals surface area contributed by atoms with Crippen molar-refractivity contribution in [2.75, 3.05) is 31.1 Å². The molecule has 1 aliphatic rings. The number of hydrazine groups is 1. The number of carbonyl (C=O) groups is 2. The summed E-state index contributed by atoms with van der Waals surface area (Å²) in [4.78, 5) is 30.6. The summed E-state index contributed by atoms with van der Waals surface area (Å²) >= 11 is -2.48. The number of anilines is 1. The number of carboxylic acids is 1. The van der Waals surface area contributed by atoms with Crippen molar-refractivity contribution in [3.05, 3.63) is 89.2 Å². The lowest BCUT2D eigenvalue weighted by Crippen LogP contribution is -2.60. The van der Waals surface area contributed by atoms with Gasteiger partial charge in [0.2, 0.25) is 11.3 Å². The molecule has 0 saturated carbocycles. The van der Waals surface area contributed by atoms with Gasteiger partial charge in [0.05, 0.1) is 0 Å². The monoisotopic (exact) mass is 659 g/mol. The van der Waals surface area contributed by atoms with Crippen LogP contribution in [0.1, 0.15) is 41.0 Å². The van der Waals surface area contributed by atoms with Gasteiger partial charge in [-0.15, -0.1) is 17.6 Å². The Labute approximate surface area is 266 Å². The van der Waals surface area contributed by atoms with Gasteiger partial charge in [-0.3, -0.25) is 19.1 Å². The summed E-state index contributed by atoms with van der Waals surface area (Å²) in [5, 5.41) is 13.8. The number of rotatable bonds is 10. The minimum absolute atomic E-state index is 0.0349. The Morgan fingerprint density at radius 2 is 1.72 bits per heavy atom. The molecule has 244 valence electrons. The molecule has 2 atom stereocenters. The number of nitrogens with one attached hydrogen (secondary N) is 1. The topological polar surface area (TPSA) is 136 Å². The van der Waals surface area contributed by atoms with Gasteiger partial charge in [0, 0.05) is 55.7 Å². The standard InChI is InChI=1S/C31H32F3N5O6S/c1-21(2)28(30(41)42)39(46(43)44)38-16-14-37(15-17-38)25-10-8-22(9-11-25)6-7-23-12-13-35-27(19-23)29(40)36-20-24-4-3-5-26(18-24)45-31(32,33)34/h3-5,8-13,18-19,21,28H,14-17,20H2,1-2H3,(H,36,40)(H,41,42)(H,43,44). The van der Waals surface area contributed by atoms with Gasteiger partial charge in [-0.2, -0.15) is 0 Å². The quantitative estimate of drug-likeness (QED) is 0.219. The van der Waals surface area contributed by atoms with E-state index >= 15 is 0 Å². The van der Waals surface area contributed by atoms with Gasteiger partial charge >= 0.3 is 12.3 Å². The molecule has 0 radical (unpaired) electrons. The lowest BCUT2D eigenvalue weighted by Gasteiger charge is -2.42. The fourth-order valence-electron chi connectivity index (χ4n) is 4.82. The summed E-state index contributed by atoms with van der Waals surface area (Å²) in [7, 11) is 0. The Morgan fingerprint density at radius 1 is 1.04 bits per heavy atom. The van der Waals surface area contributed by atoms with E-state index in [0.29, 0.717) is 42.9 Å². The van der Waals surface area contributed by atoms with Crippen LogP contribution in [0.15, 0.2) is 66.9 Å². The third kappa shape index (κ3) is 9.51. The molecule has 1 saturated heterocycles. The number of halogens is 3. The Balaban J connectivity index is 1.34. The fourth-order valence-corrected chi connectivity index (χ4v) is 5.70. The first-order chi connectivity index (χ1) is 21.8. The minimum Gasteiger partial charge on any atom is -0.480 e. The van der Waals surface area contributed by atoms with E-state index < -0.39 is 35.5 Å². The summed E-state index contributed by atoms with van der Waals surface area (Å²) in [5.41, 5.74) is 2.68. The molecule has 2 aromatic carbocycles. The number of hydrogen-bond acceptors (Lipinski definition) is 7. The van der Waals surface area contributed by atoms with E-state index in [4.69, 9.17) is 0 Å². The molecule has 11 nitrogen and oxygen atoms in total. The molecule has 3 N–H and O–H groups in total. The molecule has 4 rings (SSSR count). The average Bonchev–Trinajstić information content (AvgIpc) is 3.01. The summed E-state index contributed by atoms with van der Waals surface area (Å²) in [5.74, 6) is 3.59. The maximum absolute atomic E-state index is 12.6. The first-order valence-corrected chi connectivity index (χ1v) is 15.2. The summed E-state index contributed by atoms with van der Waals surface area (Å²) in [6.07, 6.45) is -3.38. The van der Waals surface area contributed by atoms with Crippen LogP contribution in [0, 0.1) is 17.8 Å². The van der Waals surface area contributed by atoms with Gasteiger partial charge in [0.25, 0.3) is 5.91 Å². The van der Waals surface area contributed by atoms with E-state index in [1.807, 2.05) is 24.3 Å². The number of ether oxygens (including phenoxy) is 1. The summed E-state index contributed by atoms with van der Waals surface area (Å²) < 4.78 is 64.3. The van der Waals surface area contributed by atoms with Crippen LogP contribution in [0.25, 0.3) is 0 Å². The molecule has 3 aromatic rings. The molecule has 2 heterocycles. The second kappa shape index (κ2) is 15.2. The molecule has 1 aliphatic heterocycles. The zero-order valence-electron chi connectivity index (χ0n) is 24.9. The Kier molecular flexibility index (Phi) is 11.4. The number of hydrogen-bond donors (Lipinski definition) is 3. The van der Waals surface area contributed by atoms with E-state index in [-0.39, 0.29) is 23.9 Å². The van der Waals surface area contributed by atoms with Gasteiger partial charge in [-0.25, -0.2) is 9.22 Å². The van der Waals surface area contributed by atoms with E-state index in [2.05, 4.69) is 31.8 Å². The molecule has 46 heavy (non-hydrogen) atoms. The largest absolute Gasteiger partial charge is 0.573 e. The maximum Gasteiger partial charge on any atom is 0.573 e. The molecular formula is C31H32F3N5O6S. The Hall–Kier alpha value is -4.49. The van der Waals surface area contributed by atoms with Gasteiger partial charge in [-0.05, 0) is 60.0 Å². The van der Waals surface area contributed by atoms with E-state index in [1.165, 1.54) is 30.5 Å². The summed E-state index contributed by atoms with van der Waals surface area (Å²) in [6, 6.07) is 14.8. The van der Waals surface area contributed by atoms with Crippen LogP contribution in [0.4, 0.5) is 18.9 Å². The highest BCUT2D eigenvalue weighted by atomic mass is 32.2. The van der Waals surface area contributed by atoms with Crippen molar-refractivity contribution in [2.45, 2.75) is 32.8 Å². The van der Waals surface area contributed by atoms with Crippen molar-refractivity contribution in [2.24, 2.45) is 5.92 Å². The lowest BCUT2D eigenvalue weighted by atomic mass is 10.1. The van der Waals surface area contributed by atoms with E-state index in [0.717, 1.165) is 10.1 Å². The summed E-state index contributed by atoms with van der Waals surface area (Å²) in [6.45, 7) is 5.10. The van der Waals surface area contributed by atoms with Crippen LogP contribution in [-0.4, -0.2) is 78.7 Å². The average molecular weight is 660 g/mol. The second-order valence-corrected chi connectivity index (χ2v) is 11.4. The smallest absolute Gasteiger partial charge is 0.480 e. The van der Waals surface area contributed by atoms with Crippen molar-refractivity contribution in [3.8, 4) is 17.6 Å². The van der Waals surface area contributed by atoms with Gasteiger partial charge in [0.15, 0.2) is 0 Å². The maximum atomic E-state index is 12.6. The molecule has 0 aliphatic carbocycles. The van der Waals surface area contributed by atoms with Crippen molar-refractivity contribution in [1.29, 1.82) is 0 Å². The molecule has 1 aromatic heterocycles. The zero-order valence-corrected chi connectivity index (χ0v) is 25.7. The Bertz CT molecular complexity index is 1620. The third-order valence-corrected chi connectivity index (χ3v) is 7.76. The van der Waals surface area contributed by atoms with Crippen LogP contribution in [0.3, 0.4) is 0 Å².